The minimum absolute atomic E-state index is 0.0116. The second-order valence-corrected chi connectivity index (χ2v) is 5.26. The van der Waals surface area contributed by atoms with Crippen LogP contribution in [0.4, 0.5) is 0 Å². The summed E-state index contributed by atoms with van der Waals surface area (Å²) in [6.07, 6.45) is 1.17. The molecule has 0 aromatic carbocycles. The lowest BCUT2D eigenvalue weighted by Crippen LogP contribution is -2.43. The molecule has 0 spiro atoms. The molecule has 0 fully saturated rings. The zero-order valence-corrected chi connectivity index (χ0v) is 11.8. The number of nitrogens with one attached hydrogen (secondary N) is 1. The van der Waals surface area contributed by atoms with Crippen molar-refractivity contribution in [2.75, 3.05) is 6.54 Å². The fraction of sp³-hybridized carbons (Fsp3) is 0.667. The van der Waals surface area contributed by atoms with E-state index in [-0.39, 0.29) is 23.9 Å². The van der Waals surface area contributed by atoms with Crippen molar-refractivity contribution in [1.29, 1.82) is 0 Å². The summed E-state index contributed by atoms with van der Waals surface area (Å²) in [5.41, 5.74) is -0.0778. The maximum atomic E-state index is 11.7. The molecule has 0 atom stereocenters. The van der Waals surface area contributed by atoms with Gasteiger partial charge in [-0.25, -0.2) is 0 Å². The summed E-state index contributed by atoms with van der Waals surface area (Å²) in [6, 6.07) is 0. The second kappa shape index (κ2) is 6.15. The van der Waals surface area contributed by atoms with E-state index in [1.807, 2.05) is 13.8 Å². The van der Waals surface area contributed by atoms with Gasteiger partial charge in [0.1, 0.15) is 6.54 Å². The molecule has 0 bridgehead atoms. The Morgan fingerprint density at radius 1 is 1.50 bits per heavy atom. The Morgan fingerprint density at radius 3 is 2.56 bits per heavy atom. The maximum absolute atomic E-state index is 11.7. The first kappa shape index (κ1) is 14.9. The van der Waals surface area contributed by atoms with Gasteiger partial charge in [-0.3, -0.25) is 14.2 Å². The molecule has 0 aliphatic carbocycles. The molecule has 0 radical (unpaired) electrons. The van der Waals surface area contributed by atoms with Gasteiger partial charge in [-0.15, -0.1) is 0 Å². The van der Waals surface area contributed by atoms with Crippen LogP contribution in [-0.4, -0.2) is 27.7 Å². The molecule has 102 valence electrons. The van der Waals surface area contributed by atoms with Crippen LogP contribution in [0.5, 0.6) is 0 Å². The standard InChI is InChI=1S/C12H20N2O3S/c1-4-12(17,5-2)8-13-10(15)6-14-9(3)7-18-11(14)16/h7,17H,4-6,8H2,1-3H3,(H,13,15). The van der Waals surface area contributed by atoms with Gasteiger partial charge in [0.15, 0.2) is 0 Å². The minimum atomic E-state index is -0.857. The van der Waals surface area contributed by atoms with Crippen LogP contribution in [-0.2, 0) is 11.3 Å². The largest absolute Gasteiger partial charge is 0.388 e. The van der Waals surface area contributed by atoms with Crippen molar-refractivity contribution in [2.24, 2.45) is 0 Å². The molecule has 0 aliphatic rings. The fourth-order valence-corrected chi connectivity index (χ4v) is 2.29. The molecule has 0 saturated carbocycles. The molecular formula is C12H20N2O3S. The first-order chi connectivity index (χ1) is 8.41. The SMILES string of the molecule is CCC(O)(CC)CNC(=O)Cn1c(C)csc1=O. The van der Waals surface area contributed by atoms with E-state index in [1.165, 1.54) is 4.57 Å². The summed E-state index contributed by atoms with van der Waals surface area (Å²) in [4.78, 5) is 23.0. The van der Waals surface area contributed by atoms with Gasteiger partial charge in [-0.2, -0.15) is 0 Å². The molecule has 1 amide bonds. The number of amides is 1. The van der Waals surface area contributed by atoms with Crippen LogP contribution in [0.25, 0.3) is 0 Å². The molecule has 1 rings (SSSR count). The number of thiazole rings is 1. The van der Waals surface area contributed by atoms with Crippen molar-refractivity contribution < 1.29 is 9.90 Å². The van der Waals surface area contributed by atoms with E-state index in [0.29, 0.717) is 12.8 Å². The summed E-state index contributed by atoms with van der Waals surface area (Å²) in [7, 11) is 0. The van der Waals surface area contributed by atoms with E-state index < -0.39 is 5.60 Å². The number of rotatable bonds is 6. The van der Waals surface area contributed by atoms with Crippen LogP contribution in [0.15, 0.2) is 10.2 Å². The molecule has 1 aromatic heterocycles. The average Bonchev–Trinajstić information content (AvgIpc) is 2.68. The van der Waals surface area contributed by atoms with Gasteiger partial charge >= 0.3 is 4.87 Å². The number of aryl methyl sites for hydroxylation is 1. The Morgan fingerprint density at radius 2 is 2.11 bits per heavy atom. The third kappa shape index (κ3) is 3.68. The minimum Gasteiger partial charge on any atom is -0.388 e. The number of hydrogen-bond donors (Lipinski definition) is 2. The summed E-state index contributed by atoms with van der Waals surface area (Å²) in [6.45, 7) is 5.78. The third-order valence-corrected chi connectivity index (χ3v) is 4.09. The van der Waals surface area contributed by atoms with Crippen LogP contribution in [0.2, 0.25) is 0 Å². The van der Waals surface area contributed by atoms with Crippen LogP contribution < -0.4 is 10.2 Å². The molecule has 2 N–H and O–H groups in total. The van der Waals surface area contributed by atoms with Crippen molar-refractivity contribution in [3.63, 3.8) is 0 Å². The van der Waals surface area contributed by atoms with E-state index in [9.17, 15) is 14.7 Å². The summed E-state index contributed by atoms with van der Waals surface area (Å²) >= 11 is 1.08. The number of nitrogens with zero attached hydrogens (tertiary/aromatic N) is 1. The predicted molar refractivity (Wildman–Crippen MR) is 71.9 cm³/mol. The van der Waals surface area contributed by atoms with Crippen molar-refractivity contribution in [1.82, 2.24) is 9.88 Å². The van der Waals surface area contributed by atoms with Gasteiger partial charge < -0.3 is 10.4 Å². The van der Waals surface area contributed by atoms with Crippen LogP contribution in [0.1, 0.15) is 32.4 Å². The Kier molecular flexibility index (Phi) is 5.10. The van der Waals surface area contributed by atoms with E-state index in [4.69, 9.17) is 0 Å². The Labute approximate surface area is 110 Å². The summed E-state index contributed by atoms with van der Waals surface area (Å²) in [5, 5.41) is 14.4. The van der Waals surface area contributed by atoms with Gasteiger partial charge in [0.2, 0.25) is 5.91 Å². The van der Waals surface area contributed by atoms with Crippen LogP contribution in [0.3, 0.4) is 0 Å². The zero-order valence-electron chi connectivity index (χ0n) is 11.0. The first-order valence-corrected chi connectivity index (χ1v) is 6.94. The Balaban J connectivity index is 2.56. The lowest BCUT2D eigenvalue weighted by atomic mass is 9.98. The molecule has 0 saturated heterocycles. The van der Waals surface area contributed by atoms with Crippen LogP contribution >= 0.6 is 11.3 Å². The van der Waals surface area contributed by atoms with Gasteiger partial charge in [0.05, 0.1) is 5.60 Å². The van der Waals surface area contributed by atoms with Gasteiger partial charge in [-0.1, -0.05) is 25.2 Å². The van der Waals surface area contributed by atoms with Gasteiger partial charge in [-0.05, 0) is 19.8 Å². The fourth-order valence-electron chi connectivity index (χ4n) is 1.56. The highest BCUT2D eigenvalue weighted by Crippen LogP contribution is 2.12. The topological polar surface area (TPSA) is 71.3 Å². The highest BCUT2D eigenvalue weighted by Gasteiger charge is 2.22. The van der Waals surface area contributed by atoms with Crippen molar-refractivity contribution in [2.45, 2.75) is 45.8 Å². The first-order valence-electron chi connectivity index (χ1n) is 6.06. The van der Waals surface area contributed by atoms with Crippen LogP contribution in [0, 0.1) is 6.92 Å². The normalized spacial score (nSPS) is 11.6. The average molecular weight is 272 g/mol. The highest BCUT2D eigenvalue weighted by molar-refractivity contribution is 7.07. The molecular weight excluding hydrogens is 252 g/mol. The zero-order chi connectivity index (χ0) is 13.8. The predicted octanol–water partition coefficient (Wildman–Crippen LogP) is 0.886. The lowest BCUT2D eigenvalue weighted by Gasteiger charge is -2.25. The molecule has 0 unspecified atom stereocenters. The number of carbonyl (C=O) groups excluding carboxylic acids is 1. The van der Waals surface area contributed by atoms with E-state index in [1.54, 1.807) is 12.3 Å². The molecule has 0 aliphatic heterocycles. The molecule has 1 aromatic rings. The quantitative estimate of drug-likeness (QED) is 0.807. The number of hydrogen-bond acceptors (Lipinski definition) is 4. The van der Waals surface area contributed by atoms with Crippen molar-refractivity contribution in [3.8, 4) is 0 Å². The van der Waals surface area contributed by atoms with E-state index >= 15 is 0 Å². The van der Waals surface area contributed by atoms with Gasteiger partial charge in [0, 0.05) is 17.6 Å². The second-order valence-electron chi connectivity index (χ2n) is 4.44. The smallest absolute Gasteiger partial charge is 0.307 e. The Hall–Kier alpha value is -1.14. The summed E-state index contributed by atoms with van der Waals surface area (Å²) < 4.78 is 1.43. The lowest BCUT2D eigenvalue weighted by molar-refractivity contribution is -0.123. The summed E-state index contributed by atoms with van der Waals surface area (Å²) in [5.74, 6) is -0.251. The third-order valence-electron chi connectivity index (χ3n) is 3.21. The molecule has 18 heavy (non-hydrogen) atoms. The van der Waals surface area contributed by atoms with Gasteiger partial charge in [0.25, 0.3) is 0 Å². The van der Waals surface area contributed by atoms with Crippen molar-refractivity contribution in [3.05, 3.63) is 20.7 Å². The molecule has 5 nitrogen and oxygen atoms in total. The van der Waals surface area contributed by atoms with E-state index in [0.717, 1.165) is 17.0 Å². The number of carbonyl (C=O) groups is 1. The maximum Gasteiger partial charge on any atom is 0.307 e. The molecule has 6 heteroatoms. The van der Waals surface area contributed by atoms with E-state index in [2.05, 4.69) is 5.32 Å². The van der Waals surface area contributed by atoms with Crippen molar-refractivity contribution >= 4 is 17.2 Å². The Bertz CT molecular complexity index is 460. The monoisotopic (exact) mass is 272 g/mol. The number of aliphatic hydroxyl groups is 1. The number of aromatic nitrogens is 1. The molecule has 1 heterocycles. The highest BCUT2D eigenvalue weighted by atomic mass is 32.1.